The first kappa shape index (κ1) is 18.0. The van der Waals surface area contributed by atoms with E-state index in [4.69, 9.17) is 9.15 Å². The maximum atomic E-state index is 14.7. The number of fused-ring (bicyclic) bond motifs is 1. The highest BCUT2D eigenvalue weighted by molar-refractivity contribution is 5.80. The molecule has 0 bridgehead atoms. The molecule has 0 saturated carbocycles. The first-order chi connectivity index (χ1) is 13.4. The molecule has 3 aromatic heterocycles. The summed E-state index contributed by atoms with van der Waals surface area (Å²) in [5, 5.41) is 4.38. The lowest BCUT2D eigenvalue weighted by Gasteiger charge is -2.07. The summed E-state index contributed by atoms with van der Waals surface area (Å²) in [5.41, 5.74) is 4.00. The number of aromatic nitrogens is 4. The minimum absolute atomic E-state index is 0.0733. The summed E-state index contributed by atoms with van der Waals surface area (Å²) >= 11 is 0. The average Bonchev–Trinajstić information content (AvgIpc) is 3.13. The predicted molar refractivity (Wildman–Crippen MR) is 102 cm³/mol. The van der Waals surface area contributed by atoms with Crippen molar-refractivity contribution in [2.45, 2.75) is 20.4 Å². The molecule has 0 radical (unpaired) electrons. The van der Waals surface area contributed by atoms with Gasteiger partial charge < -0.3 is 9.15 Å². The van der Waals surface area contributed by atoms with Gasteiger partial charge in [0.25, 0.3) is 0 Å². The van der Waals surface area contributed by atoms with Crippen LogP contribution in [0.15, 0.2) is 39.5 Å². The SMILES string of the molecule is COc1cccc(-c2cc(F)c3oc(=O)n(Cc4c(C)nn(C)c4C)c3c2)n1. The Bertz CT molecular complexity index is 1250. The predicted octanol–water partition coefficient (Wildman–Crippen LogP) is 3.20. The second-order valence-electron chi connectivity index (χ2n) is 6.60. The molecule has 28 heavy (non-hydrogen) atoms. The largest absolute Gasteiger partial charge is 0.481 e. The number of hydrogen-bond donors (Lipinski definition) is 0. The number of halogens is 1. The van der Waals surface area contributed by atoms with Gasteiger partial charge in [0.1, 0.15) is 0 Å². The average molecular weight is 382 g/mol. The molecule has 0 atom stereocenters. The van der Waals surface area contributed by atoms with E-state index in [0.717, 1.165) is 17.0 Å². The van der Waals surface area contributed by atoms with Crippen molar-refractivity contribution in [2.75, 3.05) is 7.11 Å². The number of benzene rings is 1. The third-order valence-corrected chi connectivity index (χ3v) is 4.93. The number of oxazole rings is 1. The van der Waals surface area contributed by atoms with E-state index >= 15 is 0 Å². The van der Waals surface area contributed by atoms with Crippen molar-refractivity contribution in [1.29, 1.82) is 0 Å². The minimum Gasteiger partial charge on any atom is -0.481 e. The van der Waals surface area contributed by atoms with Crippen LogP contribution in [-0.2, 0) is 13.6 Å². The van der Waals surface area contributed by atoms with Crippen LogP contribution in [0.4, 0.5) is 4.39 Å². The molecule has 0 fully saturated rings. The fraction of sp³-hybridized carbons (Fsp3) is 0.250. The molecule has 0 N–H and O–H groups in total. The smallest absolute Gasteiger partial charge is 0.420 e. The summed E-state index contributed by atoms with van der Waals surface area (Å²) in [4.78, 5) is 16.8. The van der Waals surface area contributed by atoms with Crippen molar-refractivity contribution < 1.29 is 13.5 Å². The molecule has 7 nitrogen and oxygen atoms in total. The van der Waals surface area contributed by atoms with Crippen LogP contribution in [0.1, 0.15) is 17.0 Å². The second kappa shape index (κ2) is 6.63. The maximum absolute atomic E-state index is 14.7. The van der Waals surface area contributed by atoms with Crippen molar-refractivity contribution in [3.05, 3.63) is 63.7 Å². The van der Waals surface area contributed by atoms with Crippen molar-refractivity contribution in [1.82, 2.24) is 19.3 Å². The third kappa shape index (κ3) is 2.87. The van der Waals surface area contributed by atoms with Crippen LogP contribution in [0, 0.1) is 19.7 Å². The van der Waals surface area contributed by atoms with Crippen LogP contribution in [0.5, 0.6) is 5.88 Å². The van der Waals surface area contributed by atoms with Gasteiger partial charge in [0, 0.05) is 29.9 Å². The maximum Gasteiger partial charge on any atom is 0.420 e. The monoisotopic (exact) mass is 382 g/mol. The fourth-order valence-electron chi connectivity index (χ4n) is 3.31. The molecule has 0 spiro atoms. The van der Waals surface area contributed by atoms with E-state index in [9.17, 15) is 9.18 Å². The Kier molecular flexibility index (Phi) is 4.26. The first-order valence-corrected chi connectivity index (χ1v) is 8.72. The normalized spacial score (nSPS) is 11.3. The van der Waals surface area contributed by atoms with Crippen LogP contribution in [0.3, 0.4) is 0 Å². The Hall–Kier alpha value is -3.42. The van der Waals surface area contributed by atoms with Crippen LogP contribution in [-0.4, -0.2) is 26.4 Å². The summed E-state index contributed by atoms with van der Waals surface area (Å²) < 4.78 is 28.2. The summed E-state index contributed by atoms with van der Waals surface area (Å²) in [7, 11) is 3.36. The Morgan fingerprint density at radius 2 is 2.04 bits per heavy atom. The van der Waals surface area contributed by atoms with Crippen LogP contribution >= 0.6 is 0 Å². The lowest BCUT2D eigenvalue weighted by Crippen LogP contribution is -2.15. The molecule has 1 aromatic carbocycles. The standard InChI is InChI=1S/C20H19FN4O3/c1-11-14(12(2)24(3)23-11)10-25-17-9-13(8-15(21)19(17)28-20(25)26)16-6-5-7-18(22-16)27-4/h5-9H,10H2,1-4H3. The highest BCUT2D eigenvalue weighted by Crippen LogP contribution is 2.27. The van der Waals surface area contributed by atoms with Gasteiger partial charge in [-0.15, -0.1) is 0 Å². The summed E-state index contributed by atoms with van der Waals surface area (Å²) in [5.74, 6) is -0.816. The Morgan fingerprint density at radius 1 is 1.25 bits per heavy atom. The van der Waals surface area contributed by atoms with E-state index in [1.165, 1.54) is 17.7 Å². The van der Waals surface area contributed by atoms with Crippen molar-refractivity contribution in [3.8, 4) is 17.1 Å². The molecule has 0 amide bonds. The molecule has 3 heterocycles. The third-order valence-electron chi connectivity index (χ3n) is 4.93. The highest BCUT2D eigenvalue weighted by atomic mass is 19.1. The molecular weight excluding hydrogens is 363 g/mol. The summed E-state index contributed by atoms with van der Waals surface area (Å²) in [6, 6.07) is 8.24. The lowest BCUT2D eigenvalue weighted by molar-refractivity contribution is 0.398. The molecule has 8 heteroatoms. The van der Waals surface area contributed by atoms with Gasteiger partial charge >= 0.3 is 5.76 Å². The van der Waals surface area contributed by atoms with E-state index in [2.05, 4.69) is 10.1 Å². The molecule has 4 aromatic rings. The van der Waals surface area contributed by atoms with Crippen molar-refractivity contribution >= 4 is 11.1 Å². The zero-order valence-electron chi connectivity index (χ0n) is 16.0. The van der Waals surface area contributed by atoms with E-state index in [1.54, 1.807) is 28.9 Å². The number of hydrogen-bond acceptors (Lipinski definition) is 5. The lowest BCUT2D eigenvalue weighted by atomic mass is 10.1. The number of aryl methyl sites for hydroxylation is 2. The van der Waals surface area contributed by atoms with Gasteiger partial charge in [0.2, 0.25) is 5.88 Å². The molecule has 144 valence electrons. The zero-order chi connectivity index (χ0) is 20.0. The minimum atomic E-state index is -0.618. The molecular formula is C20H19FN4O3. The topological polar surface area (TPSA) is 75.1 Å². The Morgan fingerprint density at radius 3 is 2.71 bits per heavy atom. The molecule has 0 aliphatic carbocycles. The Balaban J connectivity index is 1.89. The van der Waals surface area contributed by atoms with E-state index in [0.29, 0.717) is 22.7 Å². The van der Waals surface area contributed by atoms with Gasteiger partial charge in [-0.3, -0.25) is 9.25 Å². The highest BCUT2D eigenvalue weighted by Gasteiger charge is 2.19. The van der Waals surface area contributed by atoms with E-state index in [-0.39, 0.29) is 12.1 Å². The Labute approximate surface area is 160 Å². The van der Waals surface area contributed by atoms with Gasteiger partial charge in [0.05, 0.1) is 30.6 Å². The van der Waals surface area contributed by atoms with Crippen LogP contribution in [0.2, 0.25) is 0 Å². The van der Waals surface area contributed by atoms with Gasteiger partial charge in [-0.1, -0.05) is 6.07 Å². The van der Waals surface area contributed by atoms with E-state index < -0.39 is 11.6 Å². The number of rotatable bonds is 4. The van der Waals surface area contributed by atoms with Crippen molar-refractivity contribution in [2.24, 2.45) is 7.05 Å². The van der Waals surface area contributed by atoms with Crippen LogP contribution < -0.4 is 10.5 Å². The summed E-state index contributed by atoms with van der Waals surface area (Å²) in [6.45, 7) is 4.04. The second-order valence-corrected chi connectivity index (χ2v) is 6.60. The van der Waals surface area contributed by atoms with Gasteiger partial charge in [-0.05, 0) is 32.0 Å². The number of ether oxygens (including phenoxy) is 1. The number of methoxy groups -OCH3 is 1. The van der Waals surface area contributed by atoms with Crippen LogP contribution in [0.25, 0.3) is 22.4 Å². The molecule has 4 rings (SSSR count). The van der Waals surface area contributed by atoms with E-state index in [1.807, 2.05) is 20.9 Å². The molecule has 0 unspecified atom stereocenters. The molecule has 0 saturated heterocycles. The van der Waals surface area contributed by atoms with Gasteiger partial charge in [0.15, 0.2) is 11.4 Å². The molecule has 0 aliphatic heterocycles. The van der Waals surface area contributed by atoms with Gasteiger partial charge in [-0.25, -0.2) is 14.2 Å². The summed E-state index contributed by atoms with van der Waals surface area (Å²) in [6.07, 6.45) is 0. The first-order valence-electron chi connectivity index (χ1n) is 8.72. The number of nitrogens with zero attached hydrogens (tertiary/aromatic N) is 4. The quantitative estimate of drug-likeness (QED) is 0.542. The molecule has 0 aliphatic rings. The number of pyridine rings is 1. The van der Waals surface area contributed by atoms with Gasteiger partial charge in [-0.2, -0.15) is 5.10 Å². The fourth-order valence-corrected chi connectivity index (χ4v) is 3.31. The zero-order valence-corrected chi connectivity index (χ0v) is 16.0. The van der Waals surface area contributed by atoms with Crippen molar-refractivity contribution in [3.63, 3.8) is 0 Å².